The lowest BCUT2D eigenvalue weighted by molar-refractivity contribution is -0.112. The first-order valence-corrected chi connectivity index (χ1v) is 17.7. The average Bonchev–Trinajstić information content (AvgIpc) is 3.26. The third-order valence-electron chi connectivity index (χ3n) is 8.04. The molecule has 3 aromatic carbocycles. The Morgan fingerprint density at radius 2 is 1.74 bits per heavy atom. The van der Waals surface area contributed by atoms with E-state index in [1.807, 2.05) is 43.5 Å². The van der Waals surface area contributed by atoms with E-state index in [-0.39, 0.29) is 5.91 Å². The first-order chi connectivity index (χ1) is 22.9. The Bertz CT molecular complexity index is 1620. The monoisotopic (exact) mass is 649 g/mol. The molecule has 1 aromatic heterocycles. The zero-order chi connectivity index (χ0) is 33.0. The number of benzene rings is 3. The van der Waals surface area contributed by atoms with Gasteiger partial charge in [-0.05, 0) is 109 Å². The van der Waals surface area contributed by atoms with Crippen LogP contribution in [0.15, 0.2) is 95.5 Å². The predicted molar refractivity (Wildman–Crippen MR) is 196 cm³/mol. The minimum absolute atomic E-state index is 0.0564. The highest BCUT2D eigenvalue weighted by Crippen LogP contribution is 2.34. The van der Waals surface area contributed by atoms with Crippen LogP contribution < -0.4 is 15.0 Å². The zero-order valence-corrected chi connectivity index (χ0v) is 28.9. The quantitative estimate of drug-likeness (QED) is 0.102. The smallest absolute Gasteiger partial charge is 0.251 e. The van der Waals surface area contributed by atoms with Gasteiger partial charge in [0.2, 0.25) is 0 Å². The van der Waals surface area contributed by atoms with Crippen molar-refractivity contribution in [3.05, 3.63) is 107 Å². The van der Waals surface area contributed by atoms with Gasteiger partial charge in [0.25, 0.3) is 5.91 Å². The van der Waals surface area contributed by atoms with Crippen LogP contribution in [0.4, 0.5) is 11.4 Å². The van der Waals surface area contributed by atoms with Crippen LogP contribution >= 0.6 is 11.8 Å². The molecule has 2 heterocycles. The lowest BCUT2D eigenvalue weighted by Crippen LogP contribution is -2.29. The molecule has 246 valence electrons. The molecule has 0 aliphatic carbocycles. The van der Waals surface area contributed by atoms with Crippen molar-refractivity contribution in [1.29, 1.82) is 0 Å². The van der Waals surface area contributed by atoms with Crippen molar-refractivity contribution in [2.45, 2.75) is 57.6 Å². The minimum atomic E-state index is -0.0564. The normalized spacial score (nSPS) is 12.8. The van der Waals surface area contributed by atoms with Crippen LogP contribution in [0.1, 0.15) is 56.9 Å². The number of aromatic nitrogens is 1. The third kappa shape index (κ3) is 10.2. The van der Waals surface area contributed by atoms with Gasteiger partial charge in [0, 0.05) is 59.2 Å². The van der Waals surface area contributed by atoms with Gasteiger partial charge in [0.15, 0.2) is 0 Å². The summed E-state index contributed by atoms with van der Waals surface area (Å²) in [4.78, 5) is 21.6. The number of nitrogens with zero attached hydrogens (tertiary/aromatic N) is 2. The number of pyridine rings is 1. The molecule has 1 aliphatic heterocycles. The average molecular weight is 650 g/mol. The van der Waals surface area contributed by atoms with Gasteiger partial charge >= 0.3 is 0 Å². The lowest BCUT2D eigenvalue weighted by atomic mass is 10.00. The Hall–Kier alpha value is -4.07. The zero-order valence-electron chi connectivity index (χ0n) is 28.1. The van der Waals surface area contributed by atoms with Crippen molar-refractivity contribution >= 4 is 35.1 Å². The summed E-state index contributed by atoms with van der Waals surface area (Å²) in [5, 5.41) is 3.15. The number of thioether (sulfide) groups is 1. The molecule has 1 aliphatic rings. The molecule has 47 heavy (non-hydrogen) atoms. The molecule has 0 radical (unpaired) electrons. The van der Waals surface area contributed by atoms with Crippen LogP contribution in [0.5, 0.6) is 5.75 Å². The van der Waals surface area contributed by atoms with E-state index >= 15 is 0 Å². The molecule has 7 heteroatoms. The number of rotatable bonds is 15. The van der Waals surface area contributed by atoms with Gasteiger partial charge in [0.1, 0.15) is 12.4 Å². The van der Waals surface area contributed by atoms with Crippen molar-refractivity contribution < 1.29 is 14.3 Å². The maximum absolute atomic E-state index is 13.6. The fourth-order valence-electron chi connectivity index (χ4n) is 5.49. The van der Waals surface area contributed by atoms with Gasteiger partial charge in [-0.25, -0.2) is 0 Å². The molecule has 0 bridgehead atoms. The summed E-state index contributed by atoms with van der Waals surface area (Å²) < 4.78 is 11.5. The lowest BCUT2D eigenvalue weighted by Gasteiger charge is -2.27. The molecular formula is C40H47N3O3S. The second-order valence-electron chi connectivity index (χ2n) is 12.4. The molecule has 0 saturated carbocycles. The van der Waals surface area contributed by atoms with Crippen LogP contribution in [0.3, 0.4) is 0 Å². The number of aryl methyl sites for hydroxylation is 1. The van der Waals surface area contributed by atoms with Crippen LogP contribution in [-0.4, -0.2) is 43.8 Å². The highest BCUT2D eigenvalue weighted by atomic mass is 32.2. The van der Waals surface area contributed by atoms with Gasteiger partial charge in [-0.15, -0.1) is 11.8 Å². The Kier molecular flexibility index (Phi) is 12.5. The Labute approximate surface area is 284 Å². The number of carbonyl (C=O) groups excluding carboxylic acids is 1. The van der Waals surface area contributed by atoms with E-state index in [0.29, 0.717) is 25.6 Å². The first-order valence-electron chi connectivity index (χ1n) is 16.7. The van der Waals surface area contributed by atoms with Crippen molar-refractivity contribution in [2.24, 2.45) is 5.92 Å². The highest BCUT2D eigenvalue weighted by molar-refractivity contribution is 7.98. The van der Waals surface area contributed by atoms with Crippen molar-refractivity contribution in [3.8, 4) is 16.9 Å². The number of amides is 1. The standard InChI is InChI=1S/C40H47N3O3S/c1-5-6-21-45-22-23-46-37-14-9-32(10-15-37)33-11-18-39-35(24-33)25-34(19-20-43(39)27-29(2)3)40(44)42-36-12-16-38(17-13-36)47-28-31-8-7-30(4)41-26-31/h7-18,24-26,29H,5-6,19-23,27-28H2,1-4H3,(H,42,44). The van der Waals surface area contributed by atoms with E-state index in [4.69, 9.17) is 9.47 Å². The maximum atomic E-state index is 13.6. The van der Waals surface area contributed by atoms with Gasteiger partial charge < -0.3 is 19.7 Å². The van der Waals surface area contributed by atoms with Crippen molar-refractivity contribution in [2.75, 3.05) is 43.1 Å². The second-order valence-corrected chi connectivity index (χ2v) is 13.5. The van der Waals surface area contributed by atoms with E-state index < -0.39 is 0 Å². The molecule has 0 spiro atoms. The number of fused-ring (bicyclic) bond motifs is 1. The molecule has 6 nitrogen and oxygen atoms in total. The number of hydrogen-bond donors (Lipinski definition) is 1. The fourth-order valence-corrected chi connectivity index (χ4v) is 6.32. The number of carbonyl (C=O) groups is 1. The molecule has 5 rings (SSSR count). The molecule has 4 aromatic rings. The molecule has 0 saturated heterocycles. The number of nitrogens with one attached hydrogen (secondary N) is 1. The number of unbranched alkanes of at least 4 members (excludes halogenated alkanes) is 1. The molecular weight excluding hydrogens is 603 g/mol. The molecule has 1 N–H and O–H groups in total. The number of hydrogen-bond acceptors (Lipinski definition) is 6. The first kappa shape index (κ1) is 34.3. The van der Waals surface area contributed by atoms with Gasteiger partial charge in [-0.1, -0.05) is 51.5 Å². The largest absolute Gasteiger partial charge is 0.491 e. The van der Waals surface area contributed by atoms with E-state index in [9.17, 15) is 4.79 Å². The number of anilines is 2. The van der Waals surface area contributed by atoms with E-state index in [0.717, 1.165) is 82.6 Å². The van der Waals surface area contributed by atoms with E-state index in [2.05, 4.69) is 90.6 Å². The van der Waals surface area contributed by atoms with Crippen molar-refractivity contribution in [3.63, 3.8) is 0 Å². The SMILES string of the molecule is CCCCOCCOc1ccc(-c2ccc3c(c2)C=C(C(=O)Nc2ccc(SCc4ccc(C)nc4)cc2)CCN3CC(C)C)cc1. The van der Waals surface area contributed by atoms with E-state index in [1.54, 1.807) is 11.8 Å². The van der Waals surface area contributed by atoms with Crippen LogP contribution in [-0.2, 0) is 15.3 Å². The second kappa shape index (κ2) is 17.2. The summed E-state index contributed by atoms with van der Waals surface area (Å²) in [5.74, 6) is 2.13. The molecule has 1 amide bonds. The van der Waals surface area contributed by atoms with Gasteiger partial charge in [-0.3, -0.25) is 9.78 Å². The van der Waals surface area contributed by atoms with Crippen LogP contribution in [0.2, 0.25) is 0 Å². The van der Waals surface area contributed by atoms with Gasteiger partial charge in [-0.2, -0.15) is 0 Å². The summed E-state index contributed by atoms with van der Waals surface area (Å²) in [7, 11) is 0. The van der Waals surface area contributed by atoms with Gasteiger partial charge in [0.05, 0.1) is 6.61 Å². The predicted octanol–water partition coefficient (Wildman–Crippen LogP) is 9.43. The molecule has 0 atom stereocenters. The molecule has 0 fully saturated rings. The Balaban J connectivity index is 1.26. The summed E-state index contributed by atoms with van der Waals surface area (Å²) in [6.07, 6.45) is 6.89. The minimum Gasteiger partial charge on any atom is -0.491 e. The summed E-state index contributed by atoms with van der Waals surface area (Å²) in [6.45, 7) is 12.3. The summed E-state index contributed by atoms with van der Waals surface area (Å²) in [5.41, 5.74) is 8.23. The van der Waals surface area contributed by atoms with Crippen molar-refractivity contribution in [1.82, 2.24) is 4.98 Å². The van der Waals surface area contributed by atoms with E-state index in [1.165, 1.54) is 11.3 Å². The molecule has 0 unspecified atom stereocenters. The third-order valence-corrected chi connectivity index (χ3v) is 9.13. The topological polar surface area (TPSA) is 63.7 Å². The Morgan fingerprint density at radius 1 is 0.957 bits per heavy atom. The highest BCUT2D eigenvalue weighted by Gasteiger charge is 2.21. The summed E-state index contributed by atoms with van der Waals surface area (Å²) >= 11 is 1.76. The number of ether oxygens (including phenoxy) is 2. The Morgan fingerprint density at radius 3 is 2.47 bits per heavy atom. The van der Waals surface area contributed by atoms with Crippen LogP contribution in [0.25, 0.3) is 17.2 Å². The summed E-state index contributed by atoms with van der Waals surface area (Å²) in [6, 6.07) is 27.0. The fraction of sp³-hybridized carbons (Fsp3) is 0.350. The maximum Gasteiger partial charge on any atom is 0.251 e. The van der Waals surface area contributed by atoms with Crippen LogP contribution in [0, 0.1) is 12.8 Å².